The van der Waals surface area contributed by atoms with Crippen LogP contribution >= 0.6 is 0 Å². The summed E-state index contributed by atoms with van der Waals surface area (Å²) in [6, 6.07) is -0.829. The van der Waals surface area contributed by atoms with Crippen molar-refractivity contribution in [2.45, 2.75) is 36.7 Å². The molecule has 8 nitrogen and oxygen atoms in total. The smallest absolute Gasteiger partial charge is 0.244 e. The van der Waals surface area contributed by atoms with E-state index >= 15 is 0 Å². The van der Waals surface area contributed by atoms with Crippen LogP contribution < -0.4 is 10.5 Å². The number of sulfonamides is 1. The van der Waals surface area contributed by atoms with Crippen LogP contribution in [-0.2, 0) is 21.9 Å². The minimum atomic E-state index is -3.75. The second-order valence-corrected chi connectivity index (χ2v) is 6.97. The number of nitrogens with zero attached hydrogens (tertiary/aromatic N) is 3. The van der Waals surface area contributed by atoms with E-state index in [1.54, 1.807) is 18.9 Å². The summed E-state index contributed by atoms with van der Waals surface area (Å²) in [6.45, 7) is 2.57. The van der Waals surface area contributed by atoms with E-state index in [0.29, 0.717) is 13.1 Å². The average Bonchev–Trinajstić information content (AvgIpc) is 3.05. The van der Waals surface area contributed by atoms with Crippen LogP contribution in [0, 0.1) is 0 Å². The van der Waals surface area contributed by atoms with Crippen molar-refractivity contribution in [1.82, 2.24) is 19.4 Å². The zero-order chi connectivity index (χ0) is 15.6. The average molecular weight is 315 g/mol. The van der Waals surface area contributed by atoms with Gasteiger partial charge in [0, 0.05) is 32.4 Å². The molecular formula is C12H21N5O3S. The summed E-state index contributed by atoms with van der Waals surface area (Å²) in [5.41, 5.74) is 5.64. The molecule has 0 bridgehead atoms. The van der Waals surface area contributed by atoms with Crippen molar-refractivity contribution in [2.75, 3.05) is 13.1 Å². The molecule has 2 atom stereocenters. The Morgan fingerprint density at radius 2 is 2.33 bits per heavy atom. The van der Waals surface area contributed by atoms with Crippen molar-refractivity contribution in [3.63, 3.8) is 0 Å². The van der Waals surface area contributed by atoms with E-state index in [4.69, 9.17) is 5.73 Å². The molecule has 0 aromatic carbocycles. The van der Waals surface area contributed by atoms with Gasteiger partial charge in [-0.05, 0) is 19.8 Å². The van der Waals surface area contributed by atoms with Gasteiger partial charge in [0.2, 0.25) is 15.9 Å². The summed E-state index contributed by atoms with van der Waals surface area (Å²) in [5.74, 6) is -0.240. The predicted octanol–water partition coefficient (Wildman–Crippen LogP) is -0.963. The van der Waals surface area contributed by atoms with Crippen LogP contribution in [0.15, 0.2) is 17.3 Å². The van der Waals surface area contributed by atoms with Crippen LogP contribution in [0.25, 0.3) is 0 Å². The lowest BCUT2D eigenvalue weighted by Gasteiger charge is -2.26. The van der Waals surface area contributed by atoms with Gasteiger partial charge in [0.1, 0.15) is 4.90 Å². The number of aromatic nitrogens is 2. The van der Waals surface area contributed by atoms with E-state index < -0.39 is 16.1 Å². The highest BCUT2D eigenvalue weighted by Crippen LogP contribution is 2.18. The van der Waals surface area contributed by atoms with Crippen molar-refractivity contribution in [3.8, 4) is 0 Å². The molecule has 0 saturated carbocycles. The first-order valence-corrected chi connectivity index (χ1v) is 8.35. The molecule has 1 aliphatic heterocycles. The zero-order valence-electron chi connectivity index (χ0n) is 12.2. The number of carbonyl (C=O) groups excluding carboxylic acids is 1. The number of nitrogens with two attached hydrogens (primary N) is 1. The van der Waals surface area contributed by atoms with E-state index in [0.717, 1.165) is 12.8 Å². The first-order valence-electron chi connectivity index (χ1n) is 6.86. The Kier molecular flexibility index (Phi) is 4.64. The molecule has 0 aliphatic carbocycles. The Labute approximate surface area is 124 Å². The lowest BCUT2D eigenvalue weighted by molar-refractivity contribution is -0.133. The monoisotopic (exact) mass is 315 g/mol. The first-order chi connectivity index (χ1) is 9.85. The van der Waals surface area contributed by atoms with Gasteiger partial charge in [0.15, 0.2) is 0 Å². The van der Waals surface area contributed by atoms with Gasteiger partial charge in [-0.15, -0.1) is 0 Å². The summed E-state index contributed by atoms with van der Waals surface area (Å²) in [6.07, 6.45) is 4.40. The Morgan fingerprint density at radius 3 is 2.90 bits per heavy atom. The predicted molar refractivity (Wildman–Crippen MR) is 76.8 cm³/mol. The third kappa shape index (κ3) is 3.42. The van der Waals surface area contributed by atoms with E-state index in [1.165, 1.54) is 17.1 Å². The van der Waals surface area contributed by atoms with Gasteiger partial charge in [-0.1, -0.05) is 0 Å². The fraction of sp³-hybridized carbons (Fsp3) is 0.667. The van der Waals surface area contributed by atoms with Crippen LogP contribution in [0.5, 0.6) is 0 Å². The summed E-state index contributed by atoms with van der Waals surface area (Å²) < 4.78 is 28.1. The summed E-state index contributed by atoms with van der Waals surface area (Å²) in [5, 5.41) is 3.82. The van der Waals surface area contributed by atoms with Crippen molar-refractivity contribution in [3.05, 3.63) is 12.4 Å². The van der Waals surface area contributed by atoms with Crippen LogP contribution in [0.2, 0.25) is 0 Å². The Morgan fingerprint density at radius 1 is 1.62 bits per heavy atom. The van der Waals surface area contributed by atoms with Crippen molar-refractivity contribution in [1.29, 1.82) is 0 Å². The number of hydrogen-bond donors (Lipinski definition) is 2. The Bertz CT molecular complexity index is 612. The maximum absolute atomic E-state index is 12.4. The molecular weight excluding hydrogens is 294 g/mol. The fourth-order valence-corrected chi connectivity index (χ4v) is 3.69. The van der Waals surface area contributed by atoms with Gasteiger partial charge in [0.25, 0.3) is 0 Å². The molecule has 1 fully saturated rings. The number of rotatable bonds is 5. The number of amides is 1. The minimum Gasteiger partial charge on any atom is -0.337 e. The molecule has 1 aliphatic rings. The molecule has 2 heterocycles. The van der Waals surface area contributed by atoms with Crippen LogP contribution in [-0.4, -0.2) is 54.2 Å². The molecule has 21 heavy (non-hydrogen) atoms. The highest BCUT2D eigenvalue weighted by Gasteiger charge is 2.32. The zero-order valence-corrected chi connectivity index (χ0v) is 13.0. The van der Waals surface area contributed by atoms with Crippen molar-refractivity contribution >= 4 is 15.9 Å². The number of likely N-dealkylation sites (tertiary alicyclic amines) is 1. The molecule has 1 amide bonds. The van der Waals surface area contributed by atoms with E-state index in [-0.39, 0.29) is 16.8 Å². The number of carbonyl (C=O) groups is 1. The largest absolute Gasteiger partial charge is 0.337 e. The molecule has 1 aromatic rings. The highest BCUT2D eigenvalue weighted by molar-refractivity contribution is 7.89. The van der Waals surface area contributed by atoms with Crippen molar-refractivity contribution < 1.29 is 13.2 Å². The van der Waals surface area contributed by atoms with Gasteiger partial charge in [0.05, 0.1) is 12.2 Å². The molecule has 3 N–H and O–H groups in total. The van der Waals surface area contributed by atoms with Crippen LogP contribution in [0.1, 0.15) is 19.8 Å². The quantitative estimate of drug-likeness (QED) is 0.727. The third-order valence-electron chi connectivity index (χ3n) is 3.63. The molecule has 0 spiro atoms. The summed E-state index contributed by atoms with van der Waals surface area (Å²) in [7, 11) is -2.12. The van der Waals surface area contributed by atoms with Gasteiger partial charge in [-0.3, -0.25) is 9.48 Å². The number of nitrogens with one attached hydrogen (secondary N) is 1. The van der Waals surface area contributed by atoms with Gasteiger partial charge < -0.3 is 10.6 Å². The van der Waals surface area contributed by atoms with Gasteiger partial charge in [-0.25, -0.2) is 8.42 Å². The molecule has 118 valence electrons. The minimum absolute atomic E-state index is 0.00264. The Hall–Kier alpha value is -1.45. The fourth-order valence-electron chi connectivity index (χ4n) is 2.51. The van der Waals surface area contributed by atoms with Gasteiger partial charge in [-0.2, -0.15) is 9.82 Å². The van der Waals surface area contributed by atoms with Crippen molar-refractivity contribution in [2.24, 2.45) is 12.8 Å². The molecule has 1 saturated heterocycles. The molecule has 0 radical (unpaired) electrons. The molecule has 1 aromatic heterocycles. The highest BCUT2D eigenvalue weighted by atomic mass is 32.2. The van der Waals surface area contributed by atoms with E-state index in [1.807, 2.05) is 0 Å². The van der Waals surface area contributed by atoms with Gasteiger partial charge >= 0.3 is 0 Å². The number of aryl methyl sites for hydroxylation is 1. The number of hydrogen-bond acceptors (Lipinski definition) is 5. The van der Waals surface area contributed by atoms with E-state index in [9.17, 15) is 13.2 Å². The molecule has 2 rings (SSSR count). The lowest BCUT2D eigenvalue weighted by atomic mass is 10.2. The maximum atomic E-state index is 12.4. The van der Waals surface area contributed by atoms with E-state index in [2.05, 4.69) is 9.82 Å². The molecule has 2 unspecified atom stereocenters. The maximum Gasteiger partial charge on any atom is 0.244 e. The second kappa shape index (κ2) is 6.12. The SMILES string of the molecule is CC(NS(=O)(=O)c1cnn(C)c1)C(=O)N1CCCC1CN. The van der Waals surface area contributed by atoms with Crippen LogP contribution in [0.3, 0.4) is 0 Å². The topological polar surface area (TPSA) is 110 Å². The lowest BCUT2D eigenvalue weighted by Crippen LogP contribution is -2.50. The normalized spacial score (nSPS) is 20.7. The Balaban J connectivity index is 2.07. The summed E-state index contributed by atoms with van der Waals surface area (Å²) >= 11 is 0. The standard InChI is InChI=1S/C12H21N5O3S/c1-9(12(18)17-5-3-4-10(17)6-13)15-21(19,20)11-7-14-16(2)8-11/h7-10,15H,3-6,13H2,1-2H3. The second-order valence-electron chi connectivity index (χ2n) is 5.26. The van der Waals surface area contributed by atoms with Crippen LogP contribution in [0.4, 0.5) is 0 Å². The molecule has 9 heteroatoms. The summed E-state index contributed by atoms with van der Waals surface area (Å²) in [4.78, 5) is 14.1. The third-order valence-corrected chi connectivity index (χ3v) is 5.12. The first kappa shape index (κ1) is 15.9.